The summed E-state index contributed by atoms with van der Waals surface area (Å²) in [7, 11) is -3.68. The van der Waals surface area contributed by atoms with Crippen molar-refractivity contribution in [1.29, 1.82) is 0 Å². The maximum atomic E-state index is 15.3. The molecular weight excluding hydrogens is 604 g/mol. The summed E-state index contributed by atoms with van der Waals surface area (Å²) in [5, 5.41) is -3.98. The van der Waals surface area contributed by atoms with Crippen molar-refractivity contribution in [3.8, 4) is 0 Å². The summed E-state index contributed by atoms with van der Waals surface area (Å²) in [5.41, 5.74) is -9.17. The van der Waals surface area contributed by atoms with Crippen molar-refractivity contribution in [1.82, 2.24) is 0 Å². The maximum absolute atomic E-state index is 15.3. The van der Waals surface area contributed by atoms with Crippen LogP contribution in [0.15, 0.2) is 36.4 Å². The molecule has 0 atom stereocenters. The lowest BCUT2D eigenvalue weighted by atomic mass is 10.1. The van der Waals surface area contributed by atoms with E-state index < -0.39 is 113 Å². The first-order chi connectivity index (χ1) is 18.3. The van der Waals surface area contributed by atoms with Crippen LogP contribution >= 0.6 is 7.92 Å². The standard InChI is InChI=1S/C24H12F15P/c25-7-10-1-13(22(31,32)33)4-16(28)19(10)40(20-11(8-26)2-14(5-17(20)29)23(34,35)36)21-12(9-27)3-15(6-18(21)30)24(37,38)39/h1-6H,7-9H2. The fraction of sp³-hybridized carbons (Fsp3) is 0.250. The highest BCUT2D eigenvalue weighted by atomic mass is 31.1. The van der Waals surface area contributed by atoms with Crippen LogP contribution in [-0.2, 0) is 38.6 Å². The molecular formula is C24H12F15P. The van der Waals surface area contributed by atoms with Crippen molar-refractivity contribution >= 4 is 23.8 Å². The molecule has 0 aliphatic heterocycles. The first kappa shape index (κ1) is 31.6. The van der Waals surface area contributed by atoms with Gasteiger partial charge in [0.25, 0.3) is 0 Å². The first-order valence-corrected chi connectivity index (χ1v) is 11.9. The van der Waals surface area contributed by atoms with E-state index in [1.165, 1.54) is 0 Å². The quantitative estimate of drug-likeness (QED) is 0.193. The lowest BCUT2D eigenvalue weighted by molar-refractivity contribution is -0.138. The van der Waals surface area contributed by atoms with E-state index in [1.807, 2.05) is 0 Å². The van der Waals surface area contributed by atoms with Crippen LogP contribution in [0, 0.1) is 17.5 Å². The van der Waals surface area contributed by atoms with Gasteiger partial charge in [0.1, 0.15) is 37.5 Å². The molecule has 40 heavy (non-hydrogen) atoms. The molecule has 0 N–H and O–H groups in total. The van der Waals surface area contributed by atoms with Crippen LogP contribution in [-0.4, -0.2) is 0 Å². The minimum absolute atomic E-state index is 0.00195. The summed E-state index contributed by atoms with van der Waals surface area (Å²) < 4.78 is 207. The zero-order valence-electron chi connectivity index (χ0n) is 19.2. The highest BCUT2D eigenvalue weighted by molar-refractivity contribution is 7.80. The molecule has 0 saturated carbocycles. The van der Waals surface area contributed by atoms with E-state index in [9.17, 15) is 52.7 Å². The number of hydrogen-bond donors (Lipinski definition) is 0. The van der Waals surface area contributed by atoms with Crippen LogP contribution < -0.4 is 15.9 Å². The number of hydrogen-bond acceptors (Lipinski definition) is 0. The number of benzene rings is 3. The first-order valence-electron chi connectivity index (χ1n) is 10.5. The summed E-state index contributed by atoms with van der Waals surface area (Å²) in [6.07, 6.45) is -15.9. The molecule has 0 unspecified atom stereocenters. The van der Waals surface area contributed by atoms with E-state index in [0.29, 0.717) is 0 Å². The second-order valence-corrected chi connectivity index (χ2v) is 10.1. The number of rotatable bonds is 6. The average Bonchev–Trinajstić information content (AvgIpc) is 2.83. The molecule has 3 rings (SSSR count). The molecule has 0 heterocycles. The topological polar surface area (TPSA) is 0 Å². The van der Waals surface area contributed by atoms with E-state index in [1.54, 1.807) is 0 Å². The second kappa shape index (κ2) is 11.1. The molecule has 3 aromatic rings. The predicted octanol–water partition coefficient (Wildman–Crippen LogP) is 8.33. The molecule has 16 heteroatoms. The molecule has 0 aliphatic rings. The number of halogens is 15. The van der Waals surface area contributed by atoms with Gasteiger partial charge in [-0.15, -0.1) is 0 Å². The second-order valence-electron chi connectivity index (χ2n) is 8.13. The summed E-state index contributed by atoms with van der Waals surface area (Å²) in [4.78, 5) is 0. The number of alkyl halides is 12. The van der Waals surface area contributed by atoms with Gasteiger partial charge in [-0.3, -0.25) is 0 Å². The van der Waals surface area contributed by atoms with Crippen LogP contribution in [0.2, 0.25) is 0 Å². The van der Waals surface area contributed by atoms with E-state index in [2.05, 4.69) is 0 Å². The van der Waals surface area contributed by atoms with Crippen LogP contribution in [0.1, 0.15) is 33.4 Å². The molecule has 0 fully saturated rings. The van der Waals surface area contributed by atoms with Crippen molar-refractivity contribution in [2.75, 3.05) is 0 Å². The Balaban J connectivity index is 2.55. The van der Waals surface area contributed by atoms with Gasteiger partial charge in [-0.25, -0.2) is 26.3 Å². The van der Waals surface area contributed by atoms with Crippen LogP contribution in [0.4, 0.5) is 65.9 Å². The van der Waals surface area contributed by atoms with E-state index >= 15 is 13.2 Å². The lowest BCUT2D eigenvalue weighted by Gasteiger charge is -2.28. The van der Waals surface area contributed by atoms with Gasteiger partial charge in [-0.1, -0.05) is 0 Å². The van der Waals surface area contributed by atoms with Crippen LogP contribution in [0.3, 0.4) is 0 Å². The van der Waals surface area contributed by atoms with Crippen molar-refractivity contribution in [2.24, 2.45) is 0 Å². The third-order valence-corrected chi connectivity index (χ3v) is 8.36. The molecule has 0 radical (unpaired) electrons. The molecule has 0 spiro atoms. The Morgan fingerprint density at radius 1 is 0.425 bits per heavy atom. The molecule has 0 saturated heterocycles. The monoisotopic (exact) mass is 616 g/mol. The van der Waals surface area contributed by atoms with Gasteiger partial charge in [0.15, 0.2) is 0 Å². The molecule has 0 amide bonds. The third kappa shape index (κ3) is 6.18. The third-order valence-electron chi connectivity index (χ3n) is 5.51. The van der Waals surface area contributed by atoms with Crippen LogP contribution in [0.5, 0.6) is 0 Å². The van der Waals surface area contributed by atoms with Crippen molar-refractivity contribution in [2.45, 2.75) is 38.6 Å². The minimum atomic E-state index is -5.29. The van der Waals surface area contributed by atoms with Gasteiger partial charge in [0.2, 0.25) is 0 Å². The smallest absolute Gasteiger partial charge is 0.246 e. The summed E-state index contributed by atoms with van der Waals surface area (Å²) >= 11 is 0. The summed E-state index contributed by atoms with van der Waals surface area (Å²) in [6, 6.07) is -0.750. The fourth-order valence-corrected chi connectivity index (χ4v) is 6.59. The van der Waals surface area contributed by atoms with Crippen molar-refractivity contribution in [3.05, 3.63) is 87.2 Å². The van der Waals surface area contributed by atoms with Gasteiger partial charge < -0.3 is 0 Å². The summed E-state index contributed by atoms with van der Waals surface area (Å²) in [6.45, 7) is -5.93. The van der Waals surface area contributed by atoms with Gasteiger partial charge in [-0.2, -0.15) is 39.5 Å². The van der Waals surface area contributed by atoms with Gasteiger partial charge in [0.05, 0.1) is 16.7 Å². The van der Waals surface area contributed by atoms with Crippen molar-refractivity contribution in [3.63, 3.8) is 0 Å². The Morgan fingerprint density at radius 3 is 0.825 bits per heavy atom. The SMILES string of the molecule is FCc1cc(C(F)(F)F)cc(F)c1P(c1c(F)cc(C(F)(F)F)cc1CF)c1c(F)cc(C(F)(F)F)cc1CF. The zero-order chi connectivity index (χ0) is 30.4. The minimum Gasteiger partial charge on any atom is -0.246 e. The normalized spacial score (nSPS) is 12.9. The summed E-state index contributed by atoms with van der Waals surface area (Å²) in [5.74, 6) is -6.08. The predicted molar refractivity (Wildman–Crippen MR) is 114 cm³/mol. The van der Waals surface area contributed by atoms with E-state index in [0.717, 1.165) is 0 Å². The Hall–Kier alpha value is -2.96. The molecule has 0 aliphatic carbocycles. The highest BCUT2D eigenvalue weighted by Crippen LogP contribution is 2.44. The Labute approximate surface area is 216 Å². The Morgan fingerprint density at radius 2 is 0.650 bits per heavy atom. The average molecular weight is 616 g/mol. The highest BCUT2D eigenvalue weighted by Gasteiger charge is 2.40. The van der Waals surface area contributed by atoms with Crippen molar-refractivity contribution < 1.29 is 65.9 Å². The molecule has 0 bridgehead atoms. The molecule has 0 nitrogen and oxygen atoms in total. The largest absolute Gasteiger partial charge is 0.416 e. The van der Waals surface area contributed by atoms with Gasteiger partial charge in [-0.05, 0) is 61.0 Å². The lowest BCUT2D eigenvalue weighted by Crippen LogP contribution is -2.33. The van der Waals surface area contributed by atoms with Gasteiger partial charge in [0, 0.05) is 15.9 Å². The molecule has 3 aromatic carbocycles. The van der Waals surface area contributed by atoms with Gasteiger partial charge >= 0.3 is 18.5 Å². The molecule has 0 aromatic heterocycles. The Bertz CT molecular complexity index is 1230. The fourth-order valence-electron chi connectivity index (χ4n) is 3.85. The zero-order valence-corrected chi connectivity index (χ0v) is 20.1. The Kier molecular flexibility index (Phi) is 8.79. The van der Waals surface area contributed by atoms with E-state index in [-0.39, 0.29) is 36.4 Å². The van der Waals surface area contributed by atoms with E-state index in [4.69, 9.17) is 0 Å². The van der Waals surface area contributed by atoms with Crippen LogP contribution in [0.25, 0.3) is 0 Å². The maximum Gasteiger partial charge on any atom is 0.416 e. The molecule has 218 valence electrons.